The zero-order valence-corrected chi connectivity index (χ0v) is 39.2. The van der Waals surface area contributed by atoms with Crippen molar-refractivity contribution in [2.45, 2.75) is 276 Å². The van der Waals surface area contributed by atoms with Crippen LogP contribution < -0.4 is 5.32 Å². The summed E-state index contributed by atoms with van der Waals surface area (Å²) < 4.78 is 5.44. The number of aliphatic hydroxyl groups excluding tert-OH is 2. The van der Waals surface area contributed by atoms with Crippen molar-refractivity contribution in [3.8, 4) is 0 Å². The highest BCUT2D eigenvalue weighted by atomic mass is 16.5. The lowest BCUT2D eigenvalue weighted by Gasteiger charge is -2.20. The summed E-state index contributed by atoms with van der Waals surface area (Å²) >= 11 is 0. The van der Waals surface area contributed by atoms with Crippen molar-refractivity contribution in [3.05, 3.63) is 36.5 Å². The smallest absolute Gasteiger partial charge is 0.305 e. The molecule has 0 saturated carbocycles. The van der Waals surface area contributed by atoms with E-state index in [4.69, 9.17) is 4.74 Å². The van der Waals surface area contributed by atoms with Crippen LogP contribution in [0.4, 0.5) is 0 Å². The molecule has 0 spiro atoms. The van der Waals surface area contributed by atoms with Crippen LogP contribution in [-0.4, -0.2) is 47.4 Å². The van der Waals surface area contributed by atoms with E-state index in [0.717, 1.165) is 70.6 Å². The summed E-state index contributed by atoms with van der Waals surface area (Å²) in [6.07, 6.45) is 58.5. The number of allylic oxidation sites excluding steroid dienone is 5. The molecule has 0 heterocycles. The highest BCUT2D eigenvalue weighted by molar-refractivity contribution is 5.76. The standard InChI is InChI=1S/C53H99NO5/c1-3-5-7-9-11-13-15-17-18-19-20-21-22-24-25-29-33-37-41-45-51(56)50(49-55)54-52(57)46-42-38-34-30-27-28-32-36-40-44-48-59-53(58)47-43-39-35-31-26-23-16-14-12-10-8-6-4-2/h8,10,14,16,41,45,50-51,55-56H,3-7,9,11-13,15,17-40,42-44,46-49H2,1-2H3,(H,54,57)/b10-8-,16-14-,45-41+. The molecule has 0 aromatic heterocycles. The van der Waals surface area contributed by atoms with Crippen LogP contribution in [0.25, 0.3) is 0 Å². The normalized spacial score (nSPS) is 12.9. The van der Waals surface area contributed by atoms with Gasteiger partial charge in [0.15, 0.2) is 0 Å². The summed E-state index contributed by atoms with van der Waals surface area (Å²) in [4.78, 5) is 24.4. The van der Waals surface area contributed by atoms with Crippen LogP contribution in [0, 0.1) is 0 Å². The largest absolute Gasteiger partial charge is 0.466 e. The van der Waals surface area contributed by atoms with E-state index in [2.05, 4.69) is 43.5 Å². The van der Waals surface area contributed by atoms with E-state index < -0.39 is 12.1 Å². The zero-order valence-electron chi connectivity index (χ0n) is 39.2. The highest BCUT2D eigenvalue weighted by Crippen LogP contribution is 2.16. The van der Waals surface area contributed by atoms with Crippen molar-refractivity contribution >= 4 is 11.9 Å². The highest BCUT2D eigenvalue weighted by Gasteiger charge is 2.18. The molecule has 2 unspecified atom stereocenters. The van der Waals surface area contributed by atoms with Crippen LogP contribution in [0.15, 0.2) is 36.5 Å². The third-order valence-corrected chi connectivity index (χ3v) is 11.6. The molecule has 0 saturated heterocycles. The summed E-state index contributed by atoms with van der Waals surface area (Å²) in [7, 11) is 0. The molecule has 0 aromatic rings. The molecule has 0 fully saturated rings. The number of nitrogens with one attached hydrogen (secondary N) is 1. The third kappa shape index (κ3) is 45.4. The Labute approximate surface area is 366 Å². The number of aliphatic hydroxyl groups is 2. The van der Waals surface area contributed by atoms with Gasteiger partial charge in [-0.2, -0.15) is 0 Å². The Bertz CT molecular complexity index is 962. The van der Waals surface area contributed by atoms with Crippen molar-refractivity contribution < 1.29 is 24.5 Å². The van der Waals surface area contributed by atoms with Gasteiger partial charge in [-0.1, -0.05) is 230 Å². The van der Waals surface area contributed by atoms with Gasteiger partial charge in [0, 0.05) is 12.8 Å². The SMILES string of the molecule is CCC/C=C\C/C=C\CCCCCCCC(=O)OCCCCCCCCCCCCC(=O)NC(CO)C(O)/C=C/CCCCCCCCCCCCCCCCCCC. The molecular formula is C53H99NO5. The van der Waals surface area contributed by atoms with E-state index in [1.807, 2.05) is 6.08 Å². The Morgan fingerprint density at radius 3 is 1.36 bits per heavy atom. The van der Waals surface area contributed by atoms with E-state index in [1.54, 1.807) is 6.08 Å². The first kappa shape index (κ1) is 57.1. The summed E-state index contributed by atoms with van der Waals surface area (Å²) in [5.74, 6) is -0.128. The quantitative estimate of drug-likeness (QED) is 0.0323. The number of carbonyl (C=O) groups excluding carboxylic acids is 2. The monoisotopic (exact) mass is 830 g/mol. The predicted molar refractivity (Wildman–Crippen MR) is 255 cm³/mol. The van der Waals surface area contributed by atoms with E-state index in [9.17, 15) is 19.8 Å². The molecule has 1 amide bonds. The topological polar surface area (TPSA) is 95.9 Å². The molecular weight excluding hydrogens is 731 g/mol. The number of amides is 1. The molecule has 0 aromatic carbocycles. The van der Waals surface area contributed by atoms with Crippen LogP contribution in [0.5, 0.6) is 0 Å². The van der Waals surface area contributed by atoms with Crippen molar-refractivity contribution in [1.82, 2.24) is 5.32 Å². The fourth-order valence-corrected chi connectivity index (χ4v) is 7.67. The Hall–Kier alpha value is -1.92. The molecule has 2 atom stereocenters. The van der Waals surface area contributed by atoms with Gasteiger partial charge in [-0.3, -0.25) is 9.59 Å². The molecule has 59 heavy (non-hydrogen) atoms. The second-order valence-electron chi connectivity index (χ2n) is 17.5. The summed E-state index contributed by atoms with van der Waals surface area (Å²) in [6, 6.07) is -0.646. The van der Waals surface area contributed by atoms with E-state index >= 15 is 0 Å². The predicted octanol–water partition coefficient (Wildman–Crippen LogP) is 15.3. The maximum Gasteiger partial charge on any atom is 0.305 e. The molecule has 0 aliphatic carbocycles. The molecule has 6 heteroatoms. The van der Waals surface area contributed by atoms with Crippen molar-refractivity contribution in [3.63, 3.8) is 0 Å². The Balaban J connectivity index is 3.54. The first-order chi connectivity index (χ1) is 29.0. The molecule has 0 rings (SSSR count). The maximum atomic E-state index is 12.4. The lowest BCUT2D eigenvalue weighted by Crippen LogP contribution is -2.45. The maximum absolute atomic E-state index is 12.4. The van der Waals surface area contributed by atoms with Crippen LogP contribution in [0.3, 0.4) is 0 Å². The second kappa shape index (κ2) is 48.7. The van der Waals surface area contributed by atoms with E-state index in [-0.39, 0.29) is 18.5 Å². The number of hydrogen-bond acceptors (Lipinski definition) is 5. The van der Waals surface area contributed by atoms with Crippen LogP contribution in [-0.2, 0) is 14.3 Å². The second-order valence-corrected chi connectivity index (χ2v) is 17.5. The molecule has 0 bridgehead atoms. The Kier molecular flexibility index (Phi) is 47.2. The fourth-order valence-electron chi connectivity index (χ4n) is 7.67. The van der Waals surface area contributed by atoms with Gasteiger partial charge in [-0.05, 0) is 57.8 Å². The van der Waals surface area contributed by atoms with Crippen molar-refractivity contribution in [1.29, 1.82) is 0 Å². The summed E-state index contributed by atoms with van der Waals surface area (Å²) in [5.41, 5.74) is 0. The molecule has 0 radical (unpaired) electrons. The minimum atomic E-state index is -0.860. The number of hydrogen-bond donors (Lipinski definition) is 3. The summed E-state index contributed by atoms with van der Waals surface area (Å²) in [6.45, 7) is 4.78. The minimum absolute atomic E-state index is 0.0364. The van der Waals surface area contributed by atoms with Gasteiger partial charge in [0.05, 0.1) is 25.4 Å². The van der Waals surface area contributed by atoms with E-state index in [1.165, 1.54) is 167 Å². The average Bonchev–Trinajstić information content (AvgIpc) is 3.24. The molecule has 0 aliphatic heterocycles. The number of rotatable bonds is 47. The van der Waals surface area contributed by atoms with Gasteiger partial charge in [0.2, 0.25) is 5.91 Å². The lowest BCUT2D eigenvalue weighted by atomic mass is 10.0. The molecule has 6 nitrogen and oxygen atoms in total. The molecule has 346 valence electrons. The molecule has 0 aliphatic rings. The van der Waals surface area contributed by atoms with Gasteiger partial charge < -0.3 is 20.3 Å². The first-order valence-electron chi connectivity index (χ1n) is 25.8. The Morgan fingerprint density at radius 2 is 0.881 bits per heavy atom. The number of unbranched alkanes of at least 4 members (excludes halogenated alkanes) is 32. The van der Waals surface area contributed by atoms with Gasteiger partial charge in [0.1, 0.15) is 0 Å². The van der Waals surface area contributed by atoms with Crippen LogP contribution >= 0.6 is 0 Å². The number of ether oxygens (including phenoxy) is 1. The first-order valence-corrected chi connectivity index (χ1v) is 25.8. The van der Waals surface area contributed by atoms with Crippen LogP contribution in [0.2, 0.25) is 0 Å². The van der Waals surface area contributed by atoms with Crippen molar-refractivity contribution in [2.75, 3.05) is 13.2 Å². The van der Waals surface area contributed by atoms with Gasteiger partial charge in [-0.15, -0.1) is 0 Å². The van der Waals surface area contributed by atoms with Gasteiger partial charge in [0.25, 0.3) is 0 Å². The lowest BCUT2D eigenvalue weighted by molar-refractivity contribution is -0.143. The van der Waals surface area contributed by atoms with E-state index in [0.29, 0.717) is 19.4 Å². The number of carbonyl (C=O) groups is 2. The fraction of sp³-hybridized carbons (Fsp3) is 0.849. The summed E-state index contributed by atoms with van der Waals surface area (Å²) in [5, 5.41) is 23.1. The Morgan fingerprint density at radius 1 is 0.475 bits per heavy atom. The van der Waals surface area contributed by atoms with Gasteiger partial charge in [-0.25, -0.2) is 0 Å². The zero-order chi connectivity index (χ0) is 43.0. The minimum Gasteiger partial charge on any atom is -0.466 e. The third-order valence-electron chi connectivity index (χ3n) is 11.6. The number of esters is 1. The van der Waals surface area contributed by atoms with Gasteiger partial charge >= 0.3 is 5.97 Å². The van der Waals surface area contributed by atoms with Crippen LogP contribution in [0.1, 0.15) is 264 Å². The molecule has 3 N–H and O–H groups in total. The average molecular weight is 830 g/mol. The van der Waals surface area contributed by atoms with Crippen molar-refractivity contribution in [2.24, 2.45) is 0 Å².